The van der Waals surface area contributed by atoms with Gasteiger partial charge >= 0.3 is 5.69 Å². The SMILES string of the molecule is Cc1cccc(-c2c(Cl)[nH]c(=O)n(CC3CC3C)c2=O)c1. The van der Waals surface area contributed by atoms with E-state index in [1.54, 1.807) is 0 Å². The molecule has 1 N–H and O–H groups in total. The van der Waals surface area contributed by atoms with Crippen LogP contribution in [0, 0.1) is 18.8 Å². The van der Waals surface area contributed by atoms with Gasteiger partial charge in [-0.2, -0.15) is 0 Å². The molecule has 0 aliphatic heterocycles. The molecule has 2 unspecified atom stereocenters. The number of aromatic nitrogens is 2. The summed E-state index contributed by atoms with van der Waals surface area (Å²) in [5.74, 6) is 0.990. The summed E-state index contributed by atoms with van der Waals surface area (Å²) in [6.07, 6.45) is 1.06. The molecular weight excluding hydrogens is 288 g/mol. The molecule has 1 aliphatic rings. The van der Waals surface area contributed by atoms with E-state index in [-0.39, 0.29) is 10.7 Å². The third-order valence-corrected chi connectivity index (χ3v) is 4.42. The number of rotatable bonds is 3. The van der Waals surface area contributed by atoms with Gasteiger partial charge in [0.15, 0.2) is 0 Å². The minimum atomic E-state index is -0.430. The van der Waals surface area contributed by atoms with E-state index in [0.29, 0.717) is 23.9 Å². The Morgan fingerprint density at radius 3 is 2.71 bits per heavy atom. The van der Waals surface area contributed by atoms with Crippen LogP contribution in [0.25, 0.3) is 11.1 Å². The normalized spacial score (nSPS) is 20.5. The Morgan fingerprint density at radius 2 is 2.10 bits per heavy atom. The lowest BCUT2D eigenvalue weighted by Crippen LogP contribution is -2.36. The third kappa shape index (κ3) is 2.68. The van der Waals surface area contributed by atoms with Crippen molar-refractivity contribution in [1.82, 2.24) is 9.55 Å². The summed E-state index contributed by atoms with van der Waals surface area (Å²) in [5, 5.41) is 0.107. The third-order valence-electron chi connectivity index (χ3n) is 4.14. The second-order valence-electron chi connectivity index (χ2n) is 5.88. The van der Waals surface area contributed by atoms with E-state index < -0.39 is 5.69 Å². The Hall–Kier alpha value is -1.81. The van der Waals surface area contributed by atoms with E-state index in [1.807, 2.05) is 31.2 Å². The first-order valence-electron chi connectivity index (χ1n) is 7.07. The maximum atomic E-state index is 12.7. The van der Waals surface area contributed by atoms with Gasteiger partial charge in [0.05, 0.1) is 5.56 Å². The Bertz CT molecular complexity index is 807. The molecule has 0 spiro atoms. The van der Waals surface area contributed by atoms with Gasteiger partial charge in [-0.05, 0) is 30.7 Å². The van der Waals surface area contributed by atoms with Crippen LogP contribution >= 0.6 is 11.6 Å². The van der Waals surface area contributed by atoms with Gasteiger partial charge in [0.2, 0.25) is 0 Å². The number of aryl methyl sites for hydroxylation is 1. The number of hydrogen-bond donors (Lipinski definition) is 1. The van der Waals surface area contributed by atoms with Gasteiger partial charge in [-0.3, -0.25) is 14.3 Å². The molecule has 3 rings (SSSR count). The van der Waals surface area contributed by atoms with Crippen LogP contribution in [0.2, 0.25) is 5.15 Å². The quantitative estimate of drug-likeness (QED) is 0.887. The number of nitrogens with one attached hydrogen (secondary N) is 1. The van der Waals surface area contributed by atoms with E-state index in [0.717, 1.165) is 17.5 Å². The summed E-state index contributed by atoms with van der Waals surface area (Å²) in [6.45, 7) is 4.54. The highest BCUT2D eigenvalue weighted by Crippen LogP contribution is 2.38. The van der Waals surface area contributed by atoms with Crippen molar-refractivity contribution < 1.29 is 0 Å². The molecule has 5 heteroatoms. The number of aromatic amines is 1. The van der Waals surface area contributed by atoms with Gasteiger partial charge in [-0.25, -0.2) is 4.79 Å². The molecule has 2 aromatic rings. The number of H-pyrrole nitrogens is 1. The van der Waals surface area contributed by atoms with Gasteiger partial charge in [0, 0.05) is 6.54 Å². The molecule has 1 fully saturated rings. The number of halogens is 1. The molecule has 1 aliphatic carbocycles. The molecule has 0 saturated heterocycles. The largest absolute Gasteiger partial charge is 0.329 e. The first-order chi connectivity index (χ1) is 9.97. The first kappa shape index (κ1) is 14.1. The summed E-state index contributed by atoms with van der Waals surface area (Å²) < 4.78 is 1.28. The zero-order valence-electron chi connectivity index (χ0n) is 12.0. The Morgan fingerprint density at radius 1 is 1.38 bits per heavy atom. The molecule has 1 heterocycles. The minimum absolute atomic E-state index is 0.107. The predicted molar refractivity (Wildman–Crippen MR) is 83.8 cm³/mol. The first-order valence-corrected chi connectivity index (χ1v) is 7.45. The highest BCUT2D eigenvalue weighted by molar-refractivity contribution is 6.32. The van der Waals surface area contributed by atoms with E-state index in [9.17, 15) is 9.59 Å². The maximum Gasteiger partial charge on any atom is 0.329 e. The van der Waals surface area contributed by atoms with Crippen LogP contribution in [0.1, 0.15) is 18.9 Å². The zero-order valence-corrected chi connectivity index (χ0v) is 12.8. The lowest BCUT2D eigenvalue weighted by molar-refractivity contribution is 0.552. The maximum absolute atomic E-state index is 12.7. The second-order valence-corrected chi connectivity index (χ2v) is 6.26. The summed E-state index contributed by atoms with van der Waals surface area (Å²) in [6, 6.07) is 7.55. The van der Waals surface area contributed by atoms with E-state index in [1.165, 1.54) is 4.57 Å². The van der Waals surface area contributed by atoms with Gasteiger partial charge in [-0.1, -0.05) is 48.4 Å². The number of nitrogens with zero attached hydrogens (tertiary/aromatic N) is 1. The lowest BCUT2D eigenvalue weighted by Gasteiger charge is -2.09. The van der Waals surface area contributed by atoms with E-state index in [4.69, 9.17) is 11.6 Å². The number of hydrogen-bond acceptors (Lipinski definition) is 2. The van der Waals surface area contributed by atoms with Crippen LogP contribution in [-0.4, -0.2) is 9.55 Å². The smallest absolute Gasteiger partial charge is 0.297 e. The Kier molecular flexibility index (Phi) is 3.49. The fourth-order valence-electron chi connectivity index (χ4n) is 2.65. The standard InChI is InChI=1S/C16H17ClN2O2/c1-9-4-3-5-11(6-9)13-14(17)18-16(21)19(15(13)20)8-12-7-10(12)2/h3-6,10,12H,7-8H2,1-2H3,(H,18,21). The van der Waals surface area contributed by atoms with Gasteiger partial charge in [0.25, 0.3) is 5.56 Å². The summed E-state index contributed by atoms with van der Waals surface area (Å²) >= 11 is 6.11. The van der Waals surface area contributed by atoms with Gasteiger partial charge in [0.1, 0.15) is 5.15 Å². The van der Waals surface area contributed by atoms with Crippen molar-refractivity contribution in [3.05, 3.63) is 55.8 Å². The van der Waals surface area contributed by atoms with Crippen LogP contribution in [0.5, 0.6) is 0 Å². The van der Waals surface area contributed by atoms with Crippen molar-refractivity contribution in [3.8, 4) is 11.1 Å². The van der Waals surface area contributed by atoms with Crippen molar-refractivity contribution in [2.45, 2.75) is 26.8 Å². The molecule has 110 valence electrons. The van der Waals surface area contributed by atoms with Crippen molar-refractivity contribution >= 4 is 11.6 Å². The average molecular weight is 305 g/mol. The van der Waals surface area contributed by atoms with Crippen molar-refractivity contribution in [2.24, 2.45) is 11.8 Å². The van der Waals surface area contributed by atoms with Crippen molar-refractivity contribution in [2.75, 3.05) is 0 Å². The summed E-state index contributed by atoms with van der Waals surface area (Å²) in [7, 11) is 0. The van der Waals surface area contributed by atoms with Gasteiger partial charge in [-0.15, -0.1) is 0 Å². The fourth-order valence-corrected chi connectivity index (χ4v) is 2.92. The Labute approximate surface area is 127 Å². The van der Waals surface area contributed by atoms with Crippen molar-refractivity contribution in [3.63, 3.8) is 0 Å². The number of benzene rings is 1. The topological polar surface area (TPSA) is 54.9 Å². The molecular formula is C16H17ClN2O2. The molecule has 1 aromatic carbocycles. The second kappa shape index (κ2) is 5.19. The molecule has 1 aromatic heterocycles. The van der Waals surface area contributed by atoms with Crippen molar-refractivity contribution in [1.29, 1.82) is 0 Å². The molecule has 0 radical (unpaired) electrons. The highest BCUT2D eigenvalue weighted by Gasteiger charge is 2.33. The lowest BCUT2D eigenvalue weighted by atomic mass is 10.1. The van der Waals surface area contributed by atoms with Crippen LogP contribution in [-0.2, 0) is 6.54 Å². The minimum Gasteiger partial charge on any atom is -0.297 e. The summed E-state index contributed by atoms with van der Waals surface area (Å²) in [4.78, 5) is 27.2. The van der Waals surface area contributed by atoms with Crippen LogP contribution in [0.4, 0.5) is 0 Å². The van der Waals surface area contributed by atoms with Crippen LogP contribution < -0.4 is 11.2 Å². The monoisotopic (exact) mass is 304 g/mol. The average Bonchev–Trinajstić information content (AvgIpc) is 3.10. The molecule has 1 saturated carbocycles. The molecule has 0 bridgehead atoms. The fraction of sp³-hybridized carbons (Fsp3) is 0.375. The molecule has 2 atom stereocenters. The van der Waals surface area contributed by atoms with Crippen LogP contribution in [0.15, 0.2) is 33.9 Å². The van der Waals surface area contributed by atoms with E-state index in [2.05, 4.69) is 11.9 Å². The molecule has 4 nitrogen and oxygen atoms in total. The Balaban J connectivity index is 2.14. The molecule has 21 heavy (non-hydrogen) atoms. The highest BCUT2D eigenvalue weighted by atomic mass is 35.5. The summed E-state index contributed by atoms with van der Waals surface area (Å²) in [5.41, 5.74) is 1.40. The zero-order chi connectivity index (χ0) is 15.1. The van der Waals surface area contributed by atoms with Crippen LogP contribution in [0.3, 0.4) is 0 Å². The van der Waals surface area contributed by atoms with Gasteiger partial charge < -0.3 is 0 Å². The predicted octanol–water partition coefficient (Wildman–Crippen LogP) is 2.82. The molecule has 0 amide bonds. The van der Waals surface area contributed by atoms with E-state index >= 15 is 0 Å².